The molecule has 0 aliphatic rings. The molecule has 0 aromatic heterocycles. The fourth-order valence-corrected chi connectivity index (χ4v) is 3.95. The third kappa shape index (κ3) is 9.29. The predicted octanol–water partition coefficient (Wildman–Crippen LogP) is 3.82. The Morgan fingerprint density at radius 1 is 1.09 bits per heavy atom. The molecule has 0 spiro atoms. The molecule has 3 aromatic carbocycles. The molecule has 0 aliphatic carbocycles. The normalized spacial score (nSPS) is 11.9. The second-order valence-electron chi connectivity index (χ2n) is 9.28. The van der Waals surface area contributed by atoms with Crippen LogP contribution in [0.1, 0.15) is 43.4 Å². The first-order valence-electron chi connectivity index (χ1n) is 11.5. The third-order valence-corrected chi connectivity index (χ3v) is 5.73. The number of carbonyl (C=O) groups is 1. The number of carboxylic acids is 1. The van der Waals surface area contributed by atoms with Gasteiger partial charge in [0.1, 0.15) is 24.5 Å². The van der Waals surface area contributed by atoms with Crippen molar-refractivity contribution in [3.8, 4) is 11.8 Å². The number of nitriles is 1. The van der Waals surface area contributed by atoms with E-state index in [0.717, 1.165) is 12.0 Å². The van der Waals surface area contributed by atoms with Crippen LogP contribution in [0.3, 0.4) is 0 Å². The molecule has 7 heteroatoms. The molecule has 3 rings (SSSR count). The van der Waals surface area contributed by atoms with Gasteiger partial charge in [0.25, 0.3) is 0 Å². The average Bonchev–Trinajstić information content (AvgIpc) is 2.81. The van der Waals surface area contributed by atoms with Crippen LogP contribution in [0.25, 0.3) is 10.8 Å². The first-order chi connectivity index (χ1) is 16.3. The molecule has 0 unspecified atom stereocenters. The molecule has 0 saturated heterocycles. The summed E-state index contributed by atoms with van der Waals surface area (Å²) in [6.07, 6.45) is 1.27. The predicted molar refractivity (Wildman–Crippen MR) is 140 cm³/mol. The van der Waals surface area contributed by atoms with E-state index < -0.39 is 12.1 Å². The van der Waals surface area contributed by atoms with Crippen molar-refractivity contribution in [1.82, 2.24) is 5.32 Å². The average molecular weight is 485 g/mol. The number of benzene rings is 3. The molecule has 35 heavy (non-hydrogen) atoms. The van der Waals surface area contributed by atoms with Crippen LogP contribution in [-0.2, 0) is 17.6 Å². The Morgan fingerprint density at radius 2 is 1.80 bits per heavy atom. The fraction of sp³-hybridized carbons (Fsp3) is 0.357. The quantitative estimate of drug-likeness (QED) is 0.338. The van der Waals surface area contributed by atoms with Gasteiger partial charge in [0.2, 0.25) is 0 Å². The number of ether oxygens (including phenoxy) is 1. The van der Waals surface area contributed by atoms with Crippen LogP contribution in [0, 0.1) is 11.3 Å². The van der Waals surface area contributed by atoms with E-state index in [4.69, 9.17) is 9.84 Å². The van der Waals surface area contributed by atoms with Crippen LogP contribution in [0.4, 0.5) is 0 Å². The number of nitrogens with zero attached hydrogens (tertiary/aromatic N) is 1. The molecular formula is C28H33N2NaO4. The summed E-state index contributed by atoms with van der Waals surface area (Å²) in [5, 5.41) is 34.5. The number of hydrogen-bond acceptors (Lipinski definition) is 5. The van der Waals surface area contributed by atoms with Gasteiger partial charge in [-0.2, -0.15) is 5.26 Å². The number of aryl methyl sites for hydroxylation is 1. The Balaban J connectivity index is 0.00000432. The molecule has 0 radical (unpaired) electrons. The summed E-state index contributed by atoms with van der Waals surface area (Å²) in [4.78, 5) is 10.7. The number of aliphatic carboxylic acids is 1. The van der Waals surface area contributed by atoms with Crippen molar-refractivity contribution in [2.24, 2.45) is 0 Å². The van der Waals surface area contributed by atoms with E-state index in [2.05, 4.69) is 55.6 Å². The van der Waals surface area contributed by atoms with Gasteiger partial charge in [-0.25, -0.2) is 0 Å². The molecule has 0 amide bonds. The standard InChI is InChI=1S/C28H32N2O4.Na.H/c1-28(2,16-21-10-12-22-7-3-4-8-23(22)15-21)30-18-25(31)19-34-26-13-11-20(14-24(26)17-29)6-5-9-27(32)33;;/h3-4,7-8,10-15,25,30-31H,5-6,9,16,18-19H2,1-2H3,(H,32,33);;/t25-;;/m1../s1. The summed E-state index contributed by atoms with van der Waals surface area (Å²) >= 11 is 0. The summed E-state index contributed by atoms with van der Waals surface area (Å²) in [6.45, 7) is 4.63. The number of aliphatic hydroxyl groups excluding tert-OH is 1. The molecule has 0 saturated carbocycles. The van der Waals surface area contributed by atoms with Gasteiger partial charge in [0, 0.05) is 18.5 Å². The Kier molecular flexibility index (Phi) is 11.2. The summed E-state index contributed by atoms with van der Waals surface area (Å²) in [5.41, 5.74) is 2.27. The number of rotatable bonds is 12. The number of aliphatic hydroxyl groups is 1. The van der Waals surface area contributed by atoms with Gasteiger partial charge in [-0.05, 0) is 67.1 Å². The molecule has 6 nitrogen and oxygen atoms in total. The third-order valence-electron chi connectivity index (χ3n) is 5.73. The first-order valence-corrected chi connectivity index (χ1v) is 11.5. The van der Waals surface area contributed by atoms with E-state index >= 15 is 0 Å². The van der Waals surface area contributed by atoms with Gasteiger partial charge in [-0.1, -0.05) is 48.5 Å². The van der Waals surface area contributed by atoms with Gasteiger partial charge in [0.15, 0.2) is 0 Å². The van der Waals surface area contributed by atoms with Crippen molar-refractivity contribution in [3.05, 3.63) is 77.4 Å². The molecule has 180 valence electrons. The van der Waals surface area contributed by atoms with Crippen LogP contribution in [0.2, 0.25) is 0 Å². The molecule has 0 heterocycles. The molecule has 0 fully saturated rings. The van der Waals surface area contributed by atoms with E-state index in [-0.39, 0.29) is 48.1 Å². The van der Waals surface area contributed by atoms with Crippen molar-refractivity contribution in [3.63, 3.8) is 0 Å². The number of nitrogens with one attached hydrogen (secondary N) is 1. The van der Waals surface area contributed by atoms with Crippen molar-refractivity contribution < 1.29 is 19.7 Å². The zero-order valence-corrected chi connectivity index (χ0v) is 19.8. The van der Waals surface area contributed by atoms with E-state index in [1.54, 1.807) is 12.1 Å². The van der Waals surface area contributed by atoms with Crippen LogP contribution in [0.5, 0.6) is 5.75 Å². The Morgan fingerprint density at radius 3 is 2.51 bits per heavy atom. The van der Waals surface area contributed by atoms with Gasteiger partial charge in [-0.15, -0.1) is 0 Å². The molecule has 0 bridgehead atoms. The zero-order valence-electron chi connectivity index (χ0n) is 19.8. The molecule has 3 N–H and O–H groups in total. The number of hydrogen-bond donors (Lipinski definition) is 3. The summed E-state index contributed by atoms with van der Waals surface area (Å²) in [7, 11) is 0. The number of carboxylic acid groups (broad SMARTS) is 1. The number of β-amino-alcohol motifs (C(OH)–C–C–N with tert-alkyl or cyclic N) is 1. The molecule has 0 aliphatic heterocycles. The van der Waals surface area contributed by atoms with Crippen LogP contribution in [-0.4, -0.2) is 70.5 Å². The second kappa shape index (κ2) is 13.6. The summed E-state index contributed by atoms with van der Waals surface area (Å²) < 4.78 is 5.71. The topological polar surface area (TPSA) is 103 Å². The summed E-state index contributed by atoms with van der Waals surface area (Å²) in [5.74, 6) is -0.414. The van der Waals surface area contributed by atoms with Gasteiger partial charge >= 0.3 is 35.5 Å². The number of fused-ring (bicyclic) bond motifs is 1. The van der Waals surface area contributed by atoms with Gasteiger partial charge < -0.3 is 20.3 Å². The molecule has 1 atom stereocenters. The van der Waals surface area contributed by atoms with E-state index in [0.29, 0.717) is 30.7 Å². The van der Waals surface area contributed by atoms with Crippen LogP contribution in [0.15, 0.2) is 60.7 Å². The van der Waals surface area contributed by atoms with Crippen molar-refractivity contribution in [2.45, 2.75) is 51.2 Å². The first kappa shape index (κ1) is 28.8. The second-order valence-corrected chi connectivity index (χ2v) is 9.28. The fourth-order valence-electron chi connectivity index (χ4n) is 3.95. The monoisotopic (exact) mass is 484 g/mol. The van der Waals surface area contributed by atoms with Crippen molar-refractivity contribution >= 4 is 46.3 Å². The minimum absolute atomic E-state index is 0. The van der Waals surface area contributed by atoms with Crippen molar-refractivity contribution in [2.75, 3.05) is 13.2 Å². The van der Waals surface area contributed by atoms with Crippen LogP contribution < -0.4 is 10.1 Å². The van der Waals surface area contributed by atoms with Gasteiger partial charge in [-0.3, -0.25) is 4.79 Å². The van der Waals surface area contributed by atoms with E-state index in [1.165, 1.54) is 16.3 Å². The Labute approximate surface area is 229 Å². The van der Waals surface area contributed by atoms with E-state index in [9.17, 15) is 15.2 Å². The molecule has 3 aromatic rings. The SMILES string of the molecule is CC(C)(Cc1ccc2ccccc2c1)NC[C@@H](O)COc1ccc(CCCC(=O)O)cc1C#N.[NaH]. The van der Waals surface area contributed by atoms with Crippen LogP contribution >= 0.6 is 0 Å². The maximum absolute atomic E-state index is 10.7. The zero-order chi connectivity index (χ0) is 24.6. The summed E-state index contributed by atoms with van der Waals surface area (Å²) in [6, 6.07) is 22.1. The van der Waals surface area contributed by atoms with Gasteiger partial charge in [0.05, 0.1) is 5.56 Å². The van der Waals surface area contributed by atoms with Crippen molar-refractivity contribution in [1.29, 1.82) is 5.26 Å². The maximum atomic E-state index is 10.7. The Hall–Kier alpha value is -2.40. The minimum atomic E-state index is -0.830. The molecular weight excluding hydrogens is 451 g/mol. The van der Waals surface area contributed by atoms with E-state index in [1.807, 2.05) is 18.2 Å². The Bertz CT molecular complexity index is 1170.